The number of nitrogens with zero attached hydrogens (tertiary/aromatic N) is 8. The lowest BCUT2D eigenvalue weighted by Gasteiger charge is -2.36. The average molecular weight is 2030 g/mol. The van der Waals surface area contributed by atoms with Crippen LogP contribution in [0, 0.1) is 55.4 Å². The van der Waals surface area contributed by atoms with Crippen LogP contribution in [0.3, 0.4) is 0 Å². The van der Waals surface area contributed by atoms with Gasteiger partial charge in [0.25, 0.3) is 43.9 Å². The number of phenolic OH excluding ortho intramolecular Hbond substituents is 2. The number of aromatic nitrogens is 4. The molecule has 1 fully saturated rings. The van der Waals surface area contributed by atoms with Gasteiger partial charge in [0, 0.05) is 164 Å². The van der Waals surface area contributed by atoms with E-state index in [1.165, 1.54) is 41.2 Å². The third kappa shape index (κ3) is 22.0. The number of hydroxylamine groups is 2. The number of hydrogen-bond acceptors (Lipinski definition) is 23. The van der Waals surface area contributed by atoms with Gasteiger partial charge in [0.2, 0.25) is 29.1 Å². The summed E-state index contributed by atoms with van der Waals surface area (Å²) in [5.41, 5.74) is 25.4. The van der Waals surface area contributed by atoms with Crippen LogP contribution >= 0.6 is 0 Å². The number of allylic oxidation sites excluding steroid dienone is 8. The summed E-state index contributed by atoms with van der Waals surface area (Å²) in [5, 5.41) is 31.1. The first kappa shape index (κ1) is 107. The molecule has 5 amide bonds. The van der Waals surface area contributed by atoms with Crippen molar-refractivity contribution < 1.29 is 97.9 Å². The molecule has 1 saturated heterocycles. The number of aryl methyl sites for hydroxylation is 2. The smallest absolute Gasteiger partial charge is 0.333 e. The second-order valence-corrected chi connectivity index (χ2v) is 44.6. The topological polar surface area (TPSA) is 430 Å². The summed E-state index contributed by atoms with van der Waals surface area (Å²) in [6.07, 6.45) is 21.4. The molecule has 0 spiro atoms. The van der Waals surface area contributed by atoms with Gasteiger partial charge < -0.3 is 70.5 Å². The number of carbonyl (C=O) groups excluding carboxylic acids is 6. The first-order valence-electron chi connectivity index (χ1n) is 50.2. The molecular formula is C112H137N13O19S2+2. The van der Waals surface area contributed by atoms with E-state index in [4.69, 9.17) is 29.5 Å². The molecule has 2 atom stereocenters. The Hall–Kier alpha value is -13.4. The summed E-state index contributed by atoms with van der Waals surface area (Å²) in [4.78, 5) is 101. The molecule has 0 aliphatic carbocycles. The fraction of sp³-hybridized carbons (Fsp3) is 0.438. The van der Waals surface area contributed by atoms with Crippen LogP contribution in [-0.2, 0) is 106 Å². The minimum atomic E-state index is -4.46. The number of nitrogens with two attached hydrogens (primary N) is 1. The highest BCUT2D eigenvalue weighted by Crippen LogP contribution is 2.53. The number of nitrogens with one attached hydrogen (secondary N) is 4. The molecule has 9 aromatic rings. The quantitative estimate of drug-likeness (QED) is 0.00762. The number of anilines is 3. The summed E-state index contributed by atoms with van der Waals surface area (Å²) in [6, 6.07) is 30.2. The second-order valence-electron chi connectivity index (χ2n) is 41.8. The molecule has 32 nitrogen and oxygen atoms in total. The summed E-state index contributed by atoms with van der Waals surface area (Å²) >= 11 is 0. The van der Waals surface area contributed by atoms with Gasteiger partial charge in [-0.05, 0) is 246 Å². The highest BCUT2D eigenvalue weighted by molar-refractivity contribution is 7.86. The summed E-state index contributed by atoms with van der Waals surface area (Å²) < 4.78 is 98.7. The molecule has 16 rings (SSSR count). The molecule has 34 heteroatoms. The largest absolute Gasteiger partial charge is 0.507 e. The monoisotopic (exact) mass is 2030 g/mol. The van der Waals surface area contributed by atoms with Crippen molar-refractivity contribution in [1.29, 1.82) is 0 Å². The number of hydrogen-bond donors (Lipinski definition) is 9. The van der Waals surface area contributed by atoms with Crippen LogP contribution in [0.2, 0.25) is 0 Å². The Morgan fingerprint density at radius 3 is 1.51 bits per heavy atom. The number of aromatic hydroxyl groups is 2. The number of phenols is 2. The highest BCUT2D eigenvalue weighted by Gasteiger charge is 2.50. The predicted molar refractivity (Wildman–Crippen MR) is 559 cm³/mol. The van der Waals surface area contributed by atoms with Crippen LogP contribution in [0.5, 0.6) is 28.9 Å². The third-order valence-corrected chi connectivity index (χ3v) is 31.9. The Balaban J connectivity index is 0.000000221. The van der Waals surface area contributed by atoms with E-state index < -0.39 is 60.1 Å². The Bertz CT molecular complexity index is 7130. The van der Waals surface area contributed by atoms with Gasteiger partial charge in [0.1, 0.15) is 48.2 Å². The molecule has 0 saturated carbocycles. The Labute approximate surface area is 854 Å². The minimum absolute atomic E-state index is 0.0279. The lowest BCUT2D eigenvalue weighted by molar-refractivity contribution is -0.438. The molecule has 0 bridgehead atoms. The van der Waals surface area contributed by atoms with Crippen molar-refractivity contribution in [1.82, 2.24) is 40.9 Å². The maximum absolute atomic E-state index is 13.8. The SMILES string of the molecule is Cc1ccc2c(c1)C(C)(C)C(=CC=CC1=[N+](CCCCCC(=O)NCc3ccc(COc4nc(N)nc5nc[nH]c45)cc3)c3ccc(S(=O)(=O)O)cc3C1(C)C)N2CCCNC(=O)C1(C)CCc2c(C)c(O)c(C)c(C)c2O1.Cc1ccc2c(c1)C(C)(C)C(=CC=CC1=[N+](CCCCCC(=O)ON3C(=O)CCC3=O)c3ccc(S(=O)(=O)O)cc3C1(C)C)N2CCOCCNC(=O)C1(C)CCc2c(C)c(O)c(C)c(C)c2O1. The number of imide groups is 1. The van der Waals surface area contributed by atoms with Crippen molar-refractivity contribution in [2.75, 3.05) is 68.0 Å². The Morgan fingerprint density at radius 2 is 1.01 bits per heavy atom. The molecule has 7 aliphatic heterocycles. The van der Waals surface area contributed by atoms with Gasteiger partial charge in [-0.15, -0.1) is 5.06 Å². The molecule has 7 aliphatic rings. The standard InChI is InChI=1S/C60H71N9O8S.C52H64N4O11S/c1-36-18-24-46-44(31-36)58(5,6)48(69(46)30-14-28-62-56(72)60(9)27-26-43-39(4)52(71)37(2)38(3)53(43)77-60)15-13-16-49-59(7,8)45-32-42(78(73,74)75)23-25-47(45)68(49)29-12-10-11-17-50(70)63-33-40-19-21-41(22-20-40)34-76-55-51-54(65-35-64-51)66-57(61)67-55;1-32-17-19-40-38(30-32)50(5,6)43(55(40)27-29-65-28-25-53-49(61)52(9)24-23-37-35(4)47(60)33(2)34(3)48(37)66-52)15-13-14-42-51(7,8)39-31-36(68(62,63)64)18-20-41(39)54(42)26-12-10-11-16-46(59)67-56-44(57)21-22-45(56)58/h13,15-16,18-25,31-32,35H,10-12,14,17,26-30,33-34H2,1-9H3,(H6-,61,62,63,64,65,66,67,70,71,72,73,74,75);13-15,17-20,30-31H,10-12,16,21-29H2,1-9H3,(H2-,53,60,61,62,63,64)/p+2. The van der Waals surface area contributed by atoms with E-state index in [1.807, 2.05) is 98.7 Å². The summed E-state index contributed by atoms with van der Waals surface area (Å²) in [6.45, 7) is 40.6. The number of fused-ring (bicyclic) bond motifs is 7. The van der Waals surface area contributed by atoms with Crippen LogP contribution in [-0.4, -0.2) is 181 Å². The van der Waals surface area contributed by atoms with E-state index in [0.29, 0.717) is 157 Å². The van der Waals surface area contributed by atoms with Gasteiger partial charge >= 0.3 is 5.97 Å². The molecule has 9 heterocycles. The molecule has 2 aromatic heterocycles. The first-order chi connectivity index (χ1) is 68.9. The Kier molecular flexibility index (Phi) is 31.2. The molecular weight excluding hydrogens is 1900 g/mol. The van der Waals surface area contributed by atoms with Crippen LogP contribution < -0.4 is 45.7 Å². The van der Waals surface area contributed by atoms with Gasteiger partial charge in [-0.3, -0.25) is 33.1 Å². The van der Waals surface area contributed by atoms with Crippen molar-refractivity contribution in [2.45, 2.75) is 277 Å². The van der Waals surface area contributed by atoms with Gasteiger partial charge in [0.15, 0.2) is 28.3 Å². The number of ether oxygens (including phenoxy) is 4. The number of H-pyrrole nitrogens is 1. The van der Waals surface area contributed by atoms with E-state index in [1.54, 1.807) is 25.1 Å². The number of amides is 5. The van der Waals surface area contributed by atoms with Crippen LogP contribution in [0.25, 0.3) is 11.2 Å². The van der Waals surface area contributed by atoms with Crippen LogP contribution in [0.15, 0.2) is 161 Å². The third-order valence-electron chi connectivity index (χ3n) is 30.2. The zero-order valence-electron chi connectivity index (χ0n) is 86.8. The predicted octanol–water partition coefficient (Wildman–Crippen LogP) is 17.1. The van der Waals surface area contributed by atoms with Crippen molar-refractivity contribution in [3.05, 3.63) is 240 Å². The van der Waals surface area contributed by atoms with Gasteiger partial charge in [0.05, 0.1) is 40.2 Å². The van der Waals surface area contributed by atoms with E-state index in [-0.39, 0.29) is 81.7 Å². The van der Waals surface area contributed by atoms with E-state index in [2.05, 4.69) is 171 Å². The number of unbranched alkanes of at least 4 members (excludes halogenated alkanes) is 4. The number of benzene rings is 7. The zero-order valence-corrected chi connectivity index (χ0v) is 88.5. The van der Waals surface area contributed by atoms with Crippen LogP contribution in [0.4, 0.5) is 28.7 Å². The average Bonchev–Trinajstić information content (AvgIpc) is 1.37. The van der Waals surface area contributed by atoms with E-state index in [0.717, 1.165) is 131 Å². The molecule has 10 N–H and O–H groups in total. The first-order valence-corrected chi connectivity index (χ1v) is 53.1. The lowest BCUT2D eigenvalue weighted by atomic mass is 9.81. The second kappa shape index (κ2) is 42.6. The maximum Gasteiger partial charge on any atom is 0.333 e. The van der Waals surface area contributed by atoms with Gasteiger partial charge in [-0.2, -0.15) is 36.0 Å². The zero-order chi connectivity index (χ0) is 105. The van der Waals surface area contributed by atoms with Gasteiger partial charge in [-0.1, -0.05) is 99.5 Å². The Morgan fingerprint density at radius 1 is 0.527 bits per heavy atom. The normalized spacial score (nSPS) is 18.8. The number of nitrogen functional groups attached to an aromatic ring is 1. The number of rotatable bonds is 36. The minimum Gasteiger partial charge on any atom is -0.507 e. The van der Waals surface area contributed by atoms with Crippen molar-refractivity contribution >= 4 is 107 Å². The number of carbonyl (C=O) groups is 6. The van der Waals surface area contributed by atoms with Crippen molar-refractivity contribution in [3.63, 3.8) is 0 Å². The fourth-order valence-electron chi connectivity index (χ4n) is 21.1. The number of aromatic amines is 1. The van der Waals surface area contributed by atoms with E-state index in [9.17, 15) is 64.9 Å². The highest BCUT2D eigenvalue weighted by atomic mass is 32.2. The molecule has 774 valence electrons. The van der Waals surface area contributed by atoms with Crippen molar-refractivity contribution in [3.8, 4) is 28.9 Å². The lowest BCUT2D eigenvalue weighted by Crippen LogP contribution is -2.51. The molecule has 0 radical (unpaired) electrons. The van der Waals surface area contributed by atoms with Gasteiger partial charge in [-0.25, -0.2) is 9.78 Å². The van der Waals surface area contributed by atoms with E-state index >= 15 is 0 Å². The maximum atomic E-state index is 13.8. The summed E-state index contributed by atoms with van der Waals surface area (Å²) in [7, 11) is -8.91. The molecule has 7 aromatic carbocycles. The summed E-state index contributed by atoms with van der Waals surface area (Å²) in [5.74, 6) is 0.225. The molecule has 146 heavy (non-hydrogen) atoms. The fourth-order valence-corrected chi connectivity index (χ4v) is 22.1. The molecule has 2 unspecified atom stereocenters. The van der Waals surface area contributed by atoms with Crippen LogP contribution in [0.1, 0.15) is 242 Å². The van der Waals surface area contributed by atoms with Crippen molar-refractivity contribution in [2.24, 2.45) is 0 Å². The number of imidazole rings is 1.